The molecule has 1 heterocycles. The highest BCUT2D eigenvalue weighted by atomic mass is 16.5. The van der Waals surface area contributed by atoms with Crippen molar-refractivity contribution >= 4 is 0 Å². The lowest BCUT2D eigenvalue weighted by atomic mass is 9.66. The average Bonchev–Trinajstić information content (AvgIpc) is 2.37. The van der Waals surface area contributed by atoms with Gasteiger partial charge in [0.25, 0.3) is 0 Å². The molecule has 3 heteroatoms. The minimum absolute atomic E-state index is 0.00717. The van der Waals surface area contributed by atoms with Crippen LogP contribution in [0.4, 0.5) is 0 Å². The largest absolute Gasteiger partial charge is 0.496 e. The number of hydrogen-bond acceptors (Lipinski definition) is 3. The van der Waals surface area contributed by atoms with E-state index < -0.39 is 0 Å². The van der Waals surface area contributed by atoms with E-state index in [2.05, 4.69) is 32.9 Å². The molecule has 1 unspecified atom stereocenters. The lowest BCUT2D eigenvalue weighted by molar-refractivity contribution is -0.0808. The molecule has 1 aliphatic heterocycles. The van der Waals surface area contributed by atoms with Gasteiger partial charge in [0, 0.05) is 0 Å². The zero-order valence-electron chi connectivity index (χ0n) is 12.1. The first-order valence-corrected chi connectivity index (χ1v) is 6.72. The fourth-order valence-electron chi connectivity index (χ4n) is 3.03. The minimum Gasteiger partial charge on any atom is -0.496 e. The van der Waals surface area contributed by atoms with Crippen LogP contribution in [0.25, 0.3) is 0 Å². The van der Waals surface area contributed by atoms with Crippen LogP contribution in [0.5, 0.6) is 5.75 Å². The molecule has 1 aromatic carbocycles. The lowest BCUT2D eigenvalue weighted by Gasteiger charge is -2.46. The highest BCUT2D eigenvalue weighted by Gasteiger charge is 2.47. The van der Waals surface area contributed by atoms with Crippen molar-refractivity contribution in [1.29, 1.82) is 5.26 Å². The highest BCUT2D eigenvalue weighted by molar-refractivity contribution is 5.48. The molecule has 1 atom stereocenters. The SMILES string of the molecule is CCC(C#N)C1(c2ccc(OC)c(C)c2C)COC1. The summed E-state index contributed by atoms with van der Waals surface area (Å²) in [7, 11) is 1.69. The first-order chi connectivity index (χ1) is 9.10. The van der Waals surface area contributed by atoms with Gasteiger partial charge in [-0.15, -0.1) is 0 Å². The molecule has 1 fully saturated rings. The van der Waals surface area contributed by atoms with E-state index in [0.717, 1.165) is 17.7 Å². The van der Waals surface area contributed by atoms with Gasteiger partial charge in [-0.3, -0.25) is 0 Å². The van der Waals surface area contributed by atoms with Gasteiger partial charge in [-0.25, -0.2) is 0 Å². The Morgan fingerprint density at radius 3 is 2.47 bits per heavy atom. The zero-order chi connectivity index (χ0) is 14.0. The van der Waals surface area contributed by atoms with Crippen LogP contribution in [-0.4, -0.2) is 20.3 Å². The van der Waals surface area contributed by atoms with Crippen molar-refractivity contribution in [1.82, 2.24) is 0 Å². The van der Waals surface area contributed by atoms with Crippen LogP contribution in [-0.2, 0) is 10.2 Å². The number of methoxy groups -OCH3 is 1. The van der Waals surface area contributed by atoms with Crippen molar-refractivity contribution in [3.05, 3.63) is 28.8 Å². The summed E-state index contributed by atoms with van der Waals surface area (Å²) in [5.74, 6) is 0.911. The molecule has 0 spiro atoms. The van der Waals surface area contributed by atoms with Gasteiger partial charge in [0.1, 0.15) is 5.75 Å². The number of benzene rings is 1. The van der Waals surface area contributed by atoms with Crippen molar-refractivity contribution in [2.45, 2.75) is 32.6 Å². The Morgan fingerprint density at radius 2 is 2.05 bits per heavy atom. The van der Waals surface area contributed by atoms with Crippen LogP contribution in [0.3, 0.4) is 0 Å². The van der Waals surface area contributed by atoms with Crippen LogP contribution in [0, 0.1) is 31.1 Å². The van der Waals surface area contributed by atoms with E-state index in [1.165, 1.54) is 11.1 Å². The van der Waals surface area contributed by atoms with Crippen molar-refractivity contribution in [2.24, 2.45) is 5.92 Å². The minimum atomic E-state index is -0.134. The Morgan fingerprint density at radius 1 is 1.37 bits per heavy atom. The van der Waals surface area contributed by atoms with Crippen LogP contribution in [0.15, 0.2) is 12.1 Å². The number of rotatable bonds is 4. The summed E-state index contributed by atoms with van der Waals surface area (Å²) >= 11 is 0. The Kier molecular flexibility index (Phi) is 3.82. The van der Waals surface area contributed by atoms with Crippen molar-refractivity contribution < 1.29 is 9.47 Å². The number of ether oxygens (including phenoxy) is 2. The topological polar surface area (TPSA) is 42.2 Å². The third-order valence-corrected chi connectivity index (χ3v) is 4.44. The summed E-state index contributed by atoms with van der Waals surface area (Å²) in [6, 6.07) is 6.56. The van der Waals surface area contributed by atoms with E-state index in [-0.39, 0.29) is 11.3 Å². The quantitative estimate of drug-likeness (QED) is 0.834. The summed E-state index contributed by atoms with van der Waals surface area (Å²) in [5, 5.41) is 9.42. The Balaban J connectivity index is 2.51. The van der Waals surface area contributed by atoms with Crippen LogP contribution in [0.1, 0.15) is 30.0 Å². The number of hydrogen-bond donors (Lipinski definition) is 0. The van der Waals surface area contributed by atoms with E-state index in [0.29, 0.717) is 13.2 Å². The van der Waals surface area contributed by atoms with Gasteiger partial charge >= 0.3 is 0 Å². The monoisotopic (exact) mass is 259 g/mol. The summed E-state index contributed by atoms with van der Waals surface area (Å²) in [6.07, 6.45) is 0.852. The Hall–Kier alpha value is -1.53. The molecule has 1 aromatic rings. The van der Waals surface area contributed by atoms with Gasteiger partial charge in [0.05, 0.1) is 37.7 Å². The molecular formula is C16H21NO2. The molecule has 102 valence electrons. The molecule has 1 aliphatic rings. The maximum Gasteiger partial charge on any atom is 0.122 e. The van der Waals surface area contributed by atoms with Crippen molar-refractivity contribution in [3.8, 4) is 11.8 Å². The van der Waals surface area contributed by atoms with Gasteiger partial charge in [-0.1, -0.05) is 13.0 Å². The summed E-state index contributed by atoms with van der Waals surface area (Å²) in [5.41, 5.74) is 3.48. The van der Waals surface area contributed by atoms with Gasteiger partial charge < -0.3 is 9.47 Å². The molecule has 0 saturated carbocycles. The number of nitriles is 1. The maximum atomic E-state index is 9.42. The van der Waals surface area contributed by atoms with Gasteiger partial charge in [0.15, 0.2) is 0 Å². The molecule has 0 amide bonds. The van der Waals surface area contributed by atoms with E-state index in [1.807, 2.05) is 6.07 Å². The first-order valence-electron chi connectivity index (χ1n) is 6.72. The summed E-state index contributed by atoms with van der Waals surface area (Å²) in [4.78, 5) is 0. The summed E-state index contributed by atoms with van der Waals surface area (Å²) < 4.78 is 10.8. The third kappa shape index (κ3) is 2.01. The lowest BCUT2D eigenvalue weighted by Crippen LogP contribution is -2.52. The predicted octanol–water partition coefficient (Wildman–Crippen LogP) is 3.13. The van der Waals surface area contributed by atoms with Crippen LogP contribution >= 0.6 is 0 Å². The molecular weight excluding hydrogens is 238 g/mol. The first kappa shape index (κ1) is 13.9. The van der Waals surface area contributed by atoms with Crippen LogP contribution in [0.2, 0.25) is 0 Å². The van der Waals surface area contributed by atoms with Gasteiger partial charge in [-0.2, -0.15) is 5.26 Å². The normalized spacial score (nSPS) is 18.3. The zero-order valence-corrected chi connectivity index (χ0v) is 12.1. The van der Waals surface area contributed by atoms with E-state index in [1.54, 1.807) is 7.11 Å². The smallest absolute Gasteiger partial charge is 0.122 e. The fourth-order valence-corrected chi connectivity index (χ4v) is 3.03. The molecule has 0 aliphatic carbocycles. The highest BCUT2D eigenvalue weighted by Crippen LogP contribution is 2.43. The molecule has 0 bridgehead atoms. The molecule has 2 rings (SSSR count). The number of nitrogens with zero attached hydrogens (tertiary/aromatic N) is 1. The third-order valence-electron chi connectivity index (χ3n) is 4.44. The van der Waals surface area contributed by atoms with Crippen molar-refractivity contribution in [2.75, 3.05) is 20.3 Å². The Bertz CT molecular complexity index is 512. The van der Waals surface area contributed by atoms with Crippen LogP contribution < -0.4 is 4.74 Å². The second kappa shape index (κ2) is 5.22. The van der Waals surface area contributed by atoms with Gasteiger partial charge in [0.2, 0.25) is 0 Å². The second-order valence-corrected chi connectivity index (χ2v) is 5.30. The Labute approximate surface area is 115 Å². The standard InChI is InChI=1S/C16H21NO2/c1-5-13(8-17)16(9-19-10-16)14-6-7-15(18-4)12(3)11(14)2/h6-7,13H,5,9-10H2,1-4H3. The molecule has 0 N–H and O–H groups in total. The fraction of sp³-hybridized carbons (Fsp3) is 0.562. The summed E-state index contributed by atoms with van der Waals surface area (Å²) in [6.45, 7) is 7.53. The van der Waals surface area contributed by atoms with Crippen molar-refractivity contribution in [3.63, 3.8) is 0 Å². The molecule has 19 heavy (non-hydrogen) atoms. The predicted molar refractivity (Wildman–Crippen MR) is 74.4 cm³/mol. The van der Waals surface area contributed by atoms with Gasteiger partial charge in [-0.05, 0) is 43.0 Å². The maximum absolute atomic E-state index is 9.42. The van der Waals surface area contributed by atoms with E-state index >= 15 is 0 Å². The molecule has 1 saturated heterocycles. The molecule has 0 radical (unpaired) electrons. The van der Waals surface area contributed by atoms with E-state index in [4.69, 9.17) is 9.47 Å². The van der Waals surface area contributed by atoms with E-state index in [9.17, 15) is 5.26 Å². The molecule has 3 nitrogen and oxygen atoms in total. The average molecular weight is 259 g/mol. The second-order valence-electron chi connectivity index (χ2n) is 5.30. The molecule has 0 aromatic heterocycles.